The van der Waals surface area contributed by atoms with Gasteiger partial charge in [-0.3, -0.25) is 15.0 Å². The predicted octanol–water partition coefficient (Wildman–Crippen LogP) is 5.48. The van der Waals surface area contributed by atoms with Gasteiger partial charge in [0.25, 0.3) is 5.91 Å². The summed E-state index contributed by atoms with van der Waals surface area (Å²) in [5.74, 6) is -0.463. The number of pyridine rings is 1. The predicted molar refractivity (Wildman–Crippen MR) is 107 cm³/mol. The van der Waals surface area contributed by atoms with E-state index in [1.165, 1.54) is 0 Å². The van der Waals surface area contributed by atoms with Gasteiger partial charge in [0, 0.05) is 33.4 Å². The molecule has 136 valence electrons. The minimum absolute atomic E-state index is 0.280. The van der Waals surface area contributed by atoms with E-state index in [1.807, 2.05) is 24.3 Å². The van der Waals surface area contributed by atoms with Crippen molar-refractivity contribution in [2.45, 2.75) is 12.0 Å². The summed E-state index contributed by atoms with van der Waals surface area (Å²) in [7, 11) is 0. The number of hydrogen-bond donors (Lipinski definition) is 1. The molecule has 4 rings (SSSR count). The van der Waals surface area contributed by atoms with Gasteiger partial charge < -0.3 is 0 Å². The second kappa shape index (κ2) is 6.91. The van der Waals surface area contributed by atoms with Crippen molar-refractivity contribution in [3.8, 4) is 0 Å². The molecule has 1 aliphatic rings. The van der Waals surface area contributed by atoms with Crippen LogP contribution in [0.1, 0.15) is 27.2 Å². The van der Waals surface area contributed by atoms with Crippen molar-refractivity contribution < 1.29 is 10.0 Å². The smallest absolute Gasteiger partial charge is 0.278 e. The molecule has 2 heterocycles. The zero-order valence-corrected chi connectivity index (χ0v) is 17.0. The van der Waals surface area contributed by atoms with Gasteiger partial charge in [0.2, 0.25) is 0 Å². The quantitative estimate of drug-likeness (QED) is 0.523. The monoisotopic (exact) mass is 462 g/mol. The maximum absolute atomic E-state index is 12.8. The van der Waals surface area contributed by atoms with E-state index in [2.05, 4.69) is 20.9 Å². The molecule has 7 heteroatoms. The molecule has 0 aliphatic carbocycles. The molecule has 1 amide bonds. The summed E-state index contributed by atoms with van der Waals surface area (Å²) in [5.41, 5.74) is 1.46. The highest BCUT2D eigenvalue weighted by Gasteiger charge is 2.51. The number of hydroxylamine groups is 2. The standard InChI is InChI=1S/C20H13BrCl2N2O2/c21-13-3-8-18-17(9-13)19(26)25(27)20(18,12-1-4-14(22)5-2-12)10-16-7-6-15(23)11-24-16/h1-9,11,27H,10H2. The zero-order chi connectivity index (χ0) is 19.2. The summed E-state index contributed by atoms with van der Waals surface area (Å²) in [6, 6.07) is 16.0. The Labute approximate surface area is 174 Å². The van der Waals surface area contributed by atoms with Gasteiger partial charge in [-0.1, -0.05) is 57.3 Å². The normalized spacial score (nSPS) is 18.7. The molecule has 0 saturated carbocycles. The number of aromatic nitrogens is 1. The fraction of sp³-hybridized carbons (Fsp3) is 0.100. The Morgan fingerprint density at radius 1 is 1.04 bits per heavy atom. The fourth-order valence-corrected chi connectivity index (χ4v) is 4.10. The number of halogens is 3. The Bertz CT molecular complexity index is 1030. The molecular weight excluding hydrogens is 451 g/mol. The Morgan fingerprint density at radius 2 is 1.74 bits per heavy atom. The topological polar surface area (TPSA) is 53.4 Å². The minimum Gasteiger partial charge on any atom is -0.284 e. The number of amides is 1. The largest absolute Gasteiger partial charge is 0.284 e. The number of hydrogen-bond acceptors (Lipinski definition) is 3. The Morgan fingerprint density at radius 3 is 2.41 bits per heavy atom. The summed E-state index contributed by atoms with van der Waals surface area (Å²) < 4.78 is 0.763. The molecular formula is C20H13BrCl2N2O2. The lowest BCUT2D eigenvalue weighted by molar-refractivity contribution is -0.114. The van der Waals surface area contributed by atoms with E-state index in [-0.39, 0.29) is 6.42 Å². The maximum atomic E-state index is 12.8. The van der Waals surface area contributed by atoms with Crippen LogP contribution in [-0.2, 0) is 12.0 Å². The second-order valence-corrected chi connectivity index (χ2v) is 8.11. The number of rotatable bonds is 3. The number of benzene rings is 2. The van der Waals surface area contributed by atoms with Crippen molar-refractivity contribution >= 4 is 45.0 Å². The van der Waals surface area contributed by atoms with E-state index in [1.54, 1.807) is 36.5 Å². The number of nitrogens with zero attached hydrogens (tertiary/aromatic N) is 2. The van der Waals surface area contributed by atoms with Crippen molar-refractivity contribution in [2.75, 3.05) is 0 Å². The first kappa shape index (κ1) is 18.4. The van der Waals surface area contributed by atoms with Crippen LogP contribution in [0.15, 0.2) is 65.3 Å². The van der Waals surface area contributed by atoms with E-state index >= 15 is 0 Å². The van der Waals surface area contributed by atoms with Crippen LogP contribution in [0, 0.1) is 0 Å². The molecule has 3 aromatic rings. The Kier molecular flexibility index (Phi) is 4.72. The van der Waals surface area contributed by atoms with Gasteiger partial charge >= 0.3 is 0 Å². The van der Waals surface area contributed by atoms with Gasteiger partial charge in [0.15, 0.2) is 0 Å². The van der Waals surface area contributed by atoms with Crippen LogP contribution in [0.5, 0.6) is 0 Å². The first-order valence-corrected chi connectivity index (χ1v) is 9.66. The molecule has 1 aliphatic heterocycles. The third-order valence-electron chi connectivity index (χ3n) is 4.76. The zero-order valence-electron chi connectivity index (χ0n) is 13.9. The molecule has 0 bridgehead atoms. The molecule has 0 fully saturated rings. The Balaban J connectivity index is 1.95. The number of carbonyl (C=O) groups is 1. The van der Waals surface area contributed by atoms with Gasteiger partial charge in [0.1, 0.15) is 5.54 Å². The van der Waals surface area contributed by atoms with E-state index in [9.17, 15) is 10.0 Å². The summed E-state index contributed by atoms with van der Waals surface area (Å²) in [4.78, 5) is 17.2. The average molecular weight is 464 g/mol. The van der Waals surface area contributed by atoms with Crippen LogP contribution in [0.25, 0.3) is 0 Å². The molecule has 0 saturated heterocycles. The summed E-state index contributed by atoms with van der Waals surface area (Å²) in [6.07, 6.45) is 1.83. The van der Waals surface area contributed by atoms with Gasteiger partial charge in [-0.05, 0) is 47.5 Å². The van der Waals surface area contributed by atoms with Crippen LogP contribution in [0.3, 0.4) is 0 Å². The van der Waals surface area contributed by atoms with Crippen LogP contribution in [0.2, 0.25) is 10.0 Å². The first-order chi connectivity index (χ1) is 12.9. The summed E-state index contributed by atoms with van der Waals surface area (Å²) in [6.45, 7) is 0. The van der Waals surface area contributed by atoms with E-state index in [0.717, 1.165) is 15.1 Å². The lowest BCUT2D eigenvalue weighted by Crippen LogP contribution is -2.44. The number of fused-ring (bicyclic) bond motifs is 1. The molecule has 27 heavy (non-hydrogen) atoms. The number of carbonyl (C=O) groups excluding carboxylic acids is 1. The van der Waals surface area contributed by atoms with E-state index in [0.29, 0.717) is 26.9 Å². The maximum Gasteiger partial charge on any atom is 0.278 e. The fourth-order valence-electron chi connectivity index (χ4n) is 3.50. The molecule has 0 radical (unpaired) electrons. The highest BCUT2D eigenvalue weighted by atomic mass is 79.9. The SMILES string of the molecule is O=C1c2cc(Br)ccc2C(Cc2ccc(Cl)cn2)(c2ccc(Cl)cc2)N1O. The lowest BCUT2D eigenvalue weighted by Gasteiger charge is -2.35. The lowest BCUT2D eigenvalue weighted by atomic mass is 9.79. The third-order valence-corrected chi connectivity index (χ3v) is 5.73. The molecule has 1 unspecified atom stereocenters. The third kappa shape index (κ3) is 3.05. The van der Waals surface area contributed by atoms with E-state index in [4.69, 9.17) is 23.2 Å². The summed E-state index contributed by atoms with van der Waals surface area (Å²) >= 11 is 15.4. The first-order valence-electron chi connectivity index (χ1n) is 8.12. The van der Waals surface area contributed by atoms with Gasteiger partial charge in [-0.2, -0.15) is 0 Å². The molecule has 1 aromatic heterocycles. The van der Waals surface area contributed by atoms with Gasteiger partial charge in [0.05, 0.1) is 5.02 Å². The highest BCUT2D eigenvalue weighted by Crippen LogP contribution is 2.46. The van der Waals surface area contributed by atoms with Crippen molar-refractivity contribution in [2.24, 2.45) is 0 Å². The van der Waals surface area contributed by atoms with Crippen molar-refractivity contribution in [3.05, 3.63) is 97.7 Å². The van der Waals surface area contributed by atoms with Crippen molar-refractivity contribution in [1.29, 1.82) is 0 Å². The van der Waals surface area contributed by atoms with Crippen LogP contribution < -0.4 is 0 Å². The van der Waals surface area contributed by atoms with Crippen molar-refractivity contribution in [1.82, 2.24) is 10.0 Å². The summed E-state index contributed by atoms with van der Waals surface area (Å²) in [5, 5.41) is 12.8. The molecule has 0 spiro atoms. The highest BCUT2D eigenvalue weighted by molar-refractivity contribution is 9.10. The van der Waals surface area contributed by atoms with Gasteiger partial charge in [-0.15, -0.1) is 0 Å². The van der Waals surface area contributed by atoms with Crippen LogP contribution in [0.4, 0.5) is 0 Å². The van der Waals surface area contributed by atoms with Crippen molar-refractivity contribution in [3.63, 3.8) is 0 Å². The Hall–Kier alpha value is -1.92. The second-order valence-electron chi connectivity index (χ2n) is 6.32. The average Bonchev–Trinajstić information content (AvgIpc) is 2.86. The molecule has 2 aromatic carbocycles. The molecule has 1 atom stereocenters. The minimum atomic E-state index is -1.11. The van der Waals surface area contributed by atoms with E-state index < -0.39 is 11.4 Å². The molecule has 4 nitrogen and oxygen atoms in total. The molecule has 1 N–H and O–H groups in total. The van der Waals surface area contributed by atoms with Crippen LogP contribution in [-0.4, -0.2) is 21.2 Å². The van der Waals surface area contributed by atoms with Gasteiger partial charge in [-0.25, -0.2) is 5.06 Å². The van der Waals surface area contributed by atoms with Crippen LogP contribution >= 0.6 is 39.1 Å².